The lowest BCUT2D eigenvalue weighted by atomic mass is 10.0. The van der Waals surface area contributed by atoms with Crippen LogP contribution in [-0.4, -0.2) is 21.2 Å². The summed E-state index contributed by atoms with van der Waals surface area (Å²) in [7, 11) is 0. The fourth-order valence-corrected chi connectivity index (χ4v) is 4.74. The number of hydrogen-bond donors (Lipinski definition) is 2. The zero-order valence-electron chi connectivity index (χ0n) is 18.0. The van der Waals surface area contributed by atoms with Crippen LogP contribution in [0.25, 0.3) is 10.9 Å². The predicted octanol–water partition coefficient (Wildman–Crippen LogP) is 5.04. The maximum absolute atomic E-state index is 12.7. The number of hydrogen-bond acceptors (Lipinski definition) is 5. The van der Waals surface area contributed by atoms with Crippen LogP contribution < -0.4 is 16.4 Å². The number of aromatic nitrogens is 2. The van der Waals surface area contributed by atoms with Crippen LogP contribution in [0, 0.1) is 0 Å². The molecular formula is C25H23ClN4O2S. The van der Waals surface area contributed by atoms with Crippen LogP contribution in [0.5, 0.6) is 0 Å². The normalized spacial score (nSPS) is 11.8. The van der Waals surface area contributed by atoms with Gasteiger partial charge in [-0.15, -0.1) is 11.8 Å². The van der Waals surface area contributed by atoms with Gasteiger partial charge in [0.2, 0.25) is 11.9 Å². The Morgan fingerprint density at radius 1 is 1.00 bits per heavy atom. The molecule has 0 saturated heterocycles. The van der Waals surface area contributed by atoms with E-state index in [1.807, 2.05) is 67.6 Å². The first kappa shape index (κ1) is 22.9. The summed E-state index contributed by atoms with van der Waals surface area (Å²) < 4.78 is 1.50. The van der Waals surface area contributed by atoms with Crippen molar-refractivity contribution in [2.45, 2.75) is 18.7 Å². The second-order valence-corrected chi connectivity index (χ2v) is 8.86. The zero-order valence-corrected chi connectivity index (χ0v) is 19.6. The third-order valence-corrected chi connectivity index (χ3v) is 6.71. The molecule has 4 rings (SSSR count). The van der Waals surface area contributed by atoms with E-state index in [4.69, 9.17) is 11.6 Å². The predicted molar refractivity (Wildman–Crippen MR) is 136 cm³/mol. The lowest BCUT2D eigenvalue weighted by Gasteiger charge is -2.18. The van der Waals surface area contributed by atoms with E-state index in [9.17, 15) is 9.59 Å². The smallest absolute Gasteiger partial charge is 0.262 e. The average molecular weight is 479 g/mol. The second-order valence-electron chi connectivity index (χ2n) is 7.33. The summed E-state index contributed by atoms with van der Waals surface area (Å²) in [5.41, 5.74) is 8.09. The van der Waals surface area contributed by atoms with Gasteiger partial charge in [0.05, 0.1) is 21.9 Å². The van der Waals surface area contributed by atoms with E-state index < -0.39 is 0 Å². The summed E-state index contributed by atoms with van der Waals surface area (Å²) in [4.78, 5) is 29.9. The molecule has 0 saturated carbocycles. The molecule has 168 valence electrons. The molecule has 2 N–H and O–H groups in total. The zero-order chi connectivity index (χ0) is 23.2. The van der Waals surface area contributed by atoms with Gasteiger partial charge in [-0.2, -0.15) is 0 Å². The molecule has 0 aliphatic rings. The molecule has 4 aromatic rings. The highest BCUT2D eigenvalue weighted by Crippen LogP contribution is 2.35. The molecular weight excluding hydrogens is 456 g/mol. The molecule has 0 fully saturated rings. The van der Waals surface area contributed by atoms with E-state index in [1.54, 1.807) is 18.2 Å². The molecule has 1 aromatic heterocycles. The minimum Gasteiger partial charge on any atom is -0.277 e. The van der Waals surface area contributed by atoms with Crippen LogP contribution in [0.2, 0.25) is 5.02 Å². The van der Waals surface area contributed by atoms with Gasteiger partial charge < -0.3 is 0 Å². The first-order valence-corrected chi connectivity index (χ1v) is 12.0. The standard InChI is InChI=1S/C25H23ClN4O2S/c1-2-30-24(32)20-10-6-7-11-21(20)27-25(30)29-28-22(31)16-33-23(17-8-4-3-5-9-17)18-12-14-19(26)15-13-18/h3-15,23H,2,16H2,1H3,(H,27,29)(H,28,31). The topological polar surface area (TPSA) is 76.0 Å². The van der Waals surface area contributed by atoms with Gasteiger partial charge in [0.25, 0.3) is 5.56 Å². The second kappa shape index (κ2) is 10.6. The van der Waals surface area contributed by atoms with E-state index in [0.29, 0.717) is 28.4 Å². The van der Waals surface area contributed by atoms with Crippen LogP contribution in [0.15, 0.2) is 83.7 Å². The van der Waals surface area contributed by atoms with Crippen molar-refractivity contribution in [1.82, 2.24) is 15.0 Å². The van der Waals surface area contributed by atoms with Gasteiger partial charge in [-0.3, -0.25) is 25.0 Å². The monoisotopic (exact) mass is 478 g/mol. The third kappa shape index (κ3) is 5.38. The van der Waals surface area contributed by atoms with E-state index in [1.165, 1.54) is 16.3 Å². The Hall–Kier alpha value is -3.29. The van der Waals surface area contributed by atoms with E-state index >= 15 is 0 Å². The highest BCUT2D eigenvalue weighted by molar-refractivity contribution is 8.00. The number of benzene rings is 3. The summed E-state index contributed by atoms with van der Waals surface area (Å²) in [6, 6.07) is 24.8. The highest BCUT2D eigenvalue weighted by Gasteiger charge is 2.17. The van der Waals surface area contributed by atoms with Crippen molar-refractivity contribution in [2.24, 2.45) is 0 Å². The average Bonchev–Trinajstić information content (AvgIpc) is 2.85. The molecule has 0 radical (unpaired) electrons. The van der Waals surface area contributed by atoms with Gasteiger partial charge in [0.1, 0.15) is 0 Å². The van der Waals surface area contributed by atoms with Gasteiger partial charge in [0, 0.05) is 11.6 Å². The number of halogens is 1. The van der Waals surface area contributed by atoms with Crippen molar-refractivity contribution in [3.63, 3.8) is 0 Å². The number of nitrogens with one attached hydrogen (secondary N) is 2. The molecule has 8 heteroatoms. The van der Waals surface area contributed by atoms with Crippen molar-refractivity contribution >= 4 is 46.1 Å². The Morgan fingerprint density at radius 2 is 1.67 bits per heavy atom. The Labute approximate surface area is 201 Å². The Morgan fingerprint density at radius 3 is 2.39 bits per heavy atom. The molecule has 1 unspecified atom stereocenters. The number of rotatable bonds is 8. The molecule has 0 aliphatic carbocycles. The molecule has 3 aromatic carbocycles. The Balaban J connectivity index is 1.47. The molecule has 1 heterocycles. The van der Waals surface area contributed by atoms with Crippen LogP contribution in [-0.2, 0) is 11.3 Å². The number of fused-ring (bicyclic) bond motifs is 1. The maximum Gasteiger partial charge on any atom is 0.262 e. The number of para-hydroxylation sites is 1. The van der Waals surface area contributed by atoms with Gasteiger partial charge in [-0.25, -0.2) is 4.98 Å². The highest BCUT2D eigenvalue weighted by atomic mass is 35.5. The largest absolute Gasteiger partial charge is 0.277 e. The van der Waals surface area contributed by atoms with Gasteiger partial charge in [-0.05, 0) is 42.3 Å². The van der Waals surface area contributed by atoms with Crippen molar-refractivity contribution in [2.75, 3.05) is 11.2 Å². The summed E-state index contributed by atoms with van der Waals surface area (Å²) >= 11 is 7.56. The summed E-state index contributed by atoms with van der Waals surface area (Å²) in [5, 5.41) is 1.18. The number of carbonyl (C=O) groups excluding carboxylic acids is 1. The molecule has 33 heavy (non-hydrogen) atoms. The minimum atomic E-state index is -0.222. The number of hydrazine groups is 1. The van der Waals surface area contributed by atoms with Crippen LogP contribution in [0.3, 0.4) is 0 Å². The number of anilines is 1. The lowest BCUT2D eigenvalue weighted by Crippen LogP contribution is -2.35. The number of thioether (sulfide) groups is 1. The van der Waals surface area contributed by atoms with E-state index in [-0.39, 0.29) is 22.5 Å². The number of nitrogens with zero attached hydrogens (tertiary/aromatic N) is 2. The first-order valence-electron chi connectivity index (χ1n) is 10.5. The van der Waals surface area contributed by atoms with Crippen molar-refractivity contribution in [3.05, 3.63) is 105 Å². The van der Waals surface area contributed by atoms with E-state index in [2.05, 4.69) is 15.8 Å². The van der Waals surface area contributed by atoms with Gasteiger partial charge in [0.15, 0.2) is 0 Å². The van der Waals surface area contributed by atoms with Gasteiger partial charge >= 0.3 is 0 Å². The molecule has 0 bridgehead atoms. The minimum absolute atomic E-state index is 0.0261. The quantitative estimate of drug-likeness (QED) is 0.347. The summed E-state index contributed by atoms with van der Waals surface area (Å²) in [5.74, 6) is 0.288. The number of carbonyl (C=O) groups is 1. The molecule has 1 amide bonds. The molecule has 6 nitrogen and oxygen atoms in total. The van der Waals surface area contributed by atoms with Crippen LogP contribution in [0.4, 0.5) is 5.95 Å². The lowest BCUT2D eigenvalue weighted by molar-refractivity contribution is -0.118. The Kier molecular flexibility index (Phi) is 7.32. The summed E-state index contributed by atoms with van der Waals surface area (Å²) in [6.07, 6.45) is 0. The maximum atomic E-state index is 12.7. The third-order valence-electron chi connectivity index (χ3n) is 5.15. The van der Waals surface area contributed by atoms with Gasteiger partial charge in [-0.1, -0.05) is 66.2 Å². The summed E-state index contributed by atoms with van der Waals surface area (Å²) in [6.45, 7) is 2.29. The van der Waals surface area contributed by atoms with Crippen LogP contribution in [0.1, 0.15) is 23.3 Å². The Bertz CT molecular complexity index is 1310. The van der Waals surface area contributed by atoms with E-state index in [0.717, 1.165) is 11.1 Å². The molecule has 0 aliphatic heterocycles. The van der Waals surface area contributed by atoms with Crippen molar-refractivity contribution < 1.29 is 4.79 Å². The fourth-order valence-electron chi connectivity index (χ4n) is 3.53. The van der Waals surface area contributed by atoms with Crippen LogP contribution >= 0.6 is 23.4 Å². The SMILES string of the molecule is CCn1c(NNC(=O)CSC(c2ccccc2)c2ccc(Cl)cc2)nc2ccccc2c1=O. The van der Waals surface area contributed by atoms with Crippen molar-refractivity contribution in [1.29, 1.82) is 0 Å². The fraction of sp³-hybridized carbons (Fsp3) is 0.160. The number of amides is 1. The first-order chi connectivity index (χ1) is 16.1. The van der Waals surface area contributed by atoms with Crippen molar-refractivity contribution in [3.8, 4) is 0 Å². The molecule has 1 atom stereocenters. The molecule has 0 spiro atoms.